The second kappa shape index (κ2) is 8.49. The van der Waals surface area contributed by atoms with Crippen molar-refractivity contribution in [1.82, 2.24) is 0 Å². The highest BCUT2D eigenvalue weighted by atomic mass is 16.2. The van der Waals surface area contributed by atoms with Crippen molar-refractivity contribution in [1.29, 1.82) is 0 Å². The van der Waals surface area contributed by atoms with E-state index in [0.717, 1.165) is 18.8 Å². The third kappa shape index (κ3) is 4.94. The van der Waals surface area contributed by atoms with Crippen LogP contribution in [0.2, 0.25) is 0 Å². The van der Waals surface area contributed by atoms with Crippen molar-refractivity contribution in [3.8, 4) is 0 Å². The minimum absolute atomic E-state index is 0.0568. The number of anilines is 3. The normalized spacial score (nSPS) is 13.7. The molecule has 0 aliphatic carbocycles. The van der Waals surface area contributed by atoms with Crippen molar-refractivity contribution in [3.63, 3.8) is 0 Å². The molecule has 0 radical (unpaired) electrons. The molecule has 0 bridgehead atoms. The summed E-state index contributed by atoms with van der Waals surface area (Å²) >= 11 is 0. The Bertz CT molecular complexity index is 823. The van der Waals surface area contributed by atoms with E-state index in [1.165, 1.54) is 26.2 Å². The van der Waals surface area contributed by atoms with E-state index in [0.29, 0.717) is 16.9 Å². The molecule has 1 saturated heterocycles. The predicted molar refractivity (Wildman–Crippen MR) is 106 cm³/mol. The lowest BCUT2D eigenvalue weighted by atomic mass is 10.1. The molecule has 2 aromatic carbocycles. The summed E-state index contributed by atoms with van der Waals surface area (Å²) in [5.41, 5.74) is 2.71. The zero-order chi connectivity index (χ0) is 19.2. The Morgan fingerprint density at radius 1 is 0.741 bits per heavy atom. The van der Waals surface area contributed by atoms with Crippen LogP contribution in [0.25, 0.3) is 0 Å². The molecule has 0 saturated carbocycles. The van der Waals surface area contributed by atoms with E-state index in [1.54, 1.807) is 36.4 Å². The lowest BCUT2D eigenvalue weighted by Crippen LogP contribution is -2.30. The molecule has 2 amide bonds. The van der Waals surface area contributed by atoms with Gasteiger partial charge in [0.05, 0.1) is 0 Å². The van der Waals surface area contributed by atoms with Crippen LogP contribution in [-0.4, -0.2) is 30.7 Å². The smallest absolute Gasteiger partial charge is 0.314 e. The second-order valence-corrected chi connectivity index (χ2v) is 6.64. The summed E-state index contributed by atoms with van der Waals surface area (Å²) in [4.78, 5) is 37.7. The first-order chi connectivity index (χ1) is 13.0. The lowest BCUT2D eigenvalue weighted by molar-refractivity contribution is -0.132. The molecule has 0 atom stereocenters. The Kier molecular flexibility index (Phi) is 5.86. The number of hydrogen-bond donors (Lipinski definition) is 2. The molecule has 2 aromatic rings. The summed E-state index contributed by atoms with van der Waals surface area (Å²) in [7, 11) is 0. The topological polar surface area (TPSA) is 78.5 Å². The van der Waals surface area contributed by atoms with Crippen LogP contribution < -0.4 is 15.5 Å². The van der Waals surface area contributed by atoms with Gasteiger partial charge in [0.1, 0.15) is 0 Å². The number of piperidine rings is 1. The predicted octanol–water partition coefficient (Wildman–Crippen LogP) is 3.46. The van der Waals surface area contributed by atoms with Crippen molar-refractivity contribution in [2.75, 3.05) is 28.6 Å². The third-order valence-electron chi connectivity index (χ3n) is 4.60. The monoisotopic (exact) mass is 365 g/mol. The molecule has 2 N–H and O–H groups in total. The van der Waals surface area contributed by atoms with Crippen LogP contribution in [0.5, 0.6) is 0 Å². The van der Waals surface area contributed by atoms with Gasteiger partial charge in [-0.25, -0.2) is 0 Å². The van der Waals surface area contributed by atoms with E-state index in [-0.39, 0.29) is 5.78 Å². The number of nitrogens with zero attached hydrogens (tertiary/aromatic N) is 1. The van der Waals surface area contributed by atoms with Gasteiger partial charge >= 0.3 is 11.8 Å². The van der Waals surface area contributed by atoms with Crippen molar-refractivity contribution >= 4 is 34.7 Å². The minimum Gasteiger partial charge on any atom is -0.372 e. The molecule has 1 fully saturated rings. The van der Waals surface area contributed by atoms with E-state index in [2.05, 4.69) is 15.5 Å². The molecular formula is C21H23N3O3. The van der Waals surface area contributed by atoms with Crippen LogP contribution in [-0.2, 0) is 9.59 Å². The quantitative estimate of drug-likeness (QED) is 0.642. The number of amides is 2. The fraction of sp³-hybridized carbons (Fsp3) is 0.286. The summed E-state index contributed by atoms with van der Waals surface area (Å²) in [6, 6.07) is 13.9. The maximum Gasteiger partial charge on any atom is 0.314 e. The number of Topliss-reactive ketones (excluding diaryl/α,β-unsaturated/α-hetero) is 1. The van der Waals surface area contributed by atoms with Crippen LogP contribution in [0, 0.1) is 0 Å². The zero-order valence-electron chi connectivity index (χ0n) is 15.3. The summed E-state index contributed by atoms with van der Waals surface area (Å²) < 4.78 is 0. The molecule has 3 rings (SSSR count). The highest BCUT2D eigenvalue weighted by Crippen LogP contribution is 2.21. The molecular weight excluding hydrogens is 342 g/mol. The van der Waals surface area contributed by atoms with Gasteiger partial charge in [0.25, 0.3) is 0 Å². The molecule has 1 aliphatic heterocycles. The first-order valence-electron chi connectivity index (χ1n) is 9.11. The third-order valence-corrected chi connectivity index (χ3v) is 4.60. The molecule has 0 aromatic heterocycles. The van der Waals surface area contributed by atoms with Crippen LogP contribution in [0.3, 0.4) is 0 Å². The fourth-order valence-electron chi connectivity index (χ4n) is 3.07. The lowest BCUT2D eigenvalue weighted by Gasteiger charge is -2.28. The average Bonchev–Trinajstić information content (AvgIpc) is 2.69. The largest absolute Gasteiger partial charge is 0.372 e. The van der Waals surface area contributed by atoms with Gasteiger partial charge in [-0.05, 0) is 74.7 Å². The van der Waals surface area contributed by atoms with Gasteiger partial charge in [-0.1, -0.05) is 0 Å². The Labute approximate surface area is 158 Å². The molecule has 0 spiro atoms. The van der Waals surface area contributed by atoms with Gasteiger partial charge in [-0.3, -0.25) is 14.4 Å². The summed E-state index contributed by atoms with van der Waals surface area (Å²) in [5.74, 6) is -1.55. The van der Waals surface area contributed by atoms with Gasteiger partial charge in [-0.2, -0.15) is 0 Å². The van der Waals surface area contributed by atoms with E-state index in [4.69, 9.17) is 0 Å². The first-order valence-corrected chi connectivity index (χ1v) is 9.11. The highest BCUT2D eigenvalue weighted by molar-refractivity contribution is 6.43. The van der Waals surface area contributed by atoms with Gasteiger partial charge in [0.2, 0.25) is 0 Å². The number of carbonyl (C=O) groups is 3. The maximum absolute atomic E-state index is 12.1. The van der Waals surface area contributed by atoms with Crippen LogP contribution in [0.15, 0.2) is 48.5 Å². The summed E-state index contributed by atoms with van der Waals surface area (Å²) in [5, 5.41) is 5.12. The van der Waals surface area contributed by atoms with Crippen molar-refractivity contribution in [2.24, 2.45) is 0 Å². The maximum atomic E-state index is 12.1. The van der Waals surface area contributed by atoms with Crippen LogP contribution in [0.4, 0.5) is 17.1 Å². The molecule has 6 heteroatoms. The molecule has 1 aliphatic rings. The second-order valence-electron chi connectivity index (χ2n) is 6.64. The Hall–Kier alpha value is -3.15. The summed E-state index contributed by atoms with van der Waals surface area (Å²) in [6.45, 7) is 3.57. The van der Waals surface area contributed by atoms with Crippen molar-refractivity contribution < 1.29 is 14.4 Å². The number of benzene rings is 2. The Morgan fingerprint density at radius 3 is 1.70 bits per heavy atom. The number of ketones is 1. The minimum atomic E-state index is -0.759. The Morgan fingerprint density at radius 2 is 1.22 bits per heavy atom. The van der Waals surface area contributed by atoms with Crippen LogP contribution >= 0.6 is 0 Å². The van der Waals surface area contributed by atoms with E-state index >= 15 is 0 Å². The number of hydrogen-bond acceptors (Lipinski definition) is 4. The fourth-order valence-corrected chi connectivity index (χ4v) is 3.07. The summed E-state index contributed by atoms with van der Waals surface area (Å²) in [6.07, 6.45) is 3.68. The number of carbonyl (C=O) groups excluding carboxylic acids is 3. The zero-order valence-corrected chi connectivity index (χ0v) is 15.3. The van der Waals surface area contributed by atoms with Gasteiger partial charge in [-0.15, -0.1) is 0 Å². The average molecular weight is 365 g/mol. The number of nitrogens with one attached hydrogen (secondary N) is 2. The number of rotatable bonds is 4. The van der Waals surface area contributed by atoms with Crippen molar-refractivity contribution in [3.05, 3.63) is 54.1 Å². The standard InChI is InChI=1S/C21H23N3O3/c1-15(25)16-5-7-17(8-6-16)22-20(26)21(27)23-18-9-11-19(12-10-18)24-13-3-2-4-14-24/h5-12H,2-4,13-14H2,1H3,(H,22,26)(H,23,27). The molecule has 140 valence electrons. The van der Waals surface area contributed by atoms with Gasteiger partial charge in [0, 0.05) is 35.7 Å². The molecule has 1 heterocycles. The van der Waals surface area contributed by atoms with Gasteiger partial charge < -0.3 is 15.5 Å². The molecule has 27 heavy (non-hydrogen) atoms. The van der Waals surface area contributed by atoms with Gasteiger partial charge in [0.15, 0.2) is 5.78 Å². The van der Waals surface area contributed by atoms with E-state index < -0.39 is 11.8 Å². The highest BCUT2D eigenvalue weighted by Gasteiger charge is 2.15. The SMILES string of the molecule is CC(=O)c1ccc(NC(=O)C(=O)Nc2ccc(N3CCCCC3)cc2)cc1. The Balaban J connectivity index is 1.56. The molecule has 0 unspecified atom stereocenters. The molecule has 6 nitrogen and oxygen atoms in total. The van der Waals surface area contributed by atoms with E-state index in [9.17, 15) is 14.4 Å². The van der Waals surface area contributed by atoms with Crippen LogP contribution in [0.1, 0.15) is 36.5 Å². The van der Waals surface area contributed by atoms with E-state index in [1.807, 2.05) is 12.1 Å². The van der Waals surface area contributed by atoms with Crippen molar-refractivity contribution in [2.45, 2.75) is 26.2 Å². The first kappa shape index (κ1) is 18.6.